The summed E-state index contributed by atoms with van der Waals surface area (Å²) in [5.74, 6) is -0.300. The summed E-state index contributed by atoms with van der Waals surface area (Å²) in [6.07, 6.45) is 3.09. The van der Waals surface area contributed by atoms with E-state index in [1.807, 2.05) is 0 Å². The van der Waals surface area contributed by atoms with Crippen molar-refractivity contribution in [3.05, 3.63) is 17.3 Å². The molecule has 0 spiro atoms. The number of unbranched alkanes of at least 4 members (excludes halogenated alkanes) is 1. The van der Waals surface area contributed by atoms with E-state index in [4.69, 9.17) is 11.6 Å². The zero-order valence-corrected chi connectivity index (χ0v) is 11.8. The van der Waals surface area contributed by atoms with Gasteiger partial charge in [0.15, 0.2) is 11.6 Å². The molecule has 0 aliphatic heterocycles. The summed E-state index contributed by atoms with van der Waals surface area (Å²) in [5, 5.41) is 2.98. The molecule has 6 heteroatoms. The molecule has 1 rings (SSSR count). The molecule has 0 unspecified atom stereocenters. The van der Waals surface area contributed by atoms with Crippen LogP contribution in [0.15, 0.2) is 6.20 Å². The molecule has 0 fully saturated rings. The first-order chi connectivity index (χ1) is 8.50. The number of anilines is 1. The Morgan fingerprint density at radius 3 is 2.83 bits per heavy atom. The maximum atomic E-state index is 13.3. The fourth-order valence-electron chi connectivity index (χ4n) is 1.42. The molecule has 4 nitrogen and oxygen atoms in total. The van der Waals surface area contributed by atoms with E-state index in [9.17, 15) is 4.39 Å². The topological polar surface area (TPSA) is 41.0 Å². The molecule has 0 bridgehead atoms. The van der Waals surface area contributed by atoms with E-state index in [0.717, 1.165) is 25.6 Å². The van der Waals surface area contributed by atoms with Crippen LogP contribution in [0.5, 0.6) is 0 Å². The van der Waals surface area contributed by atoms with Gasteiger partial charge in [-0.25, -0.2) is 9.37 Å². The van der Waals surface area contributed by atoms with Gasteiger partial charge < -0.3 is 10.2 Å². The maximum Gasteiger partial charge on any atom is 0.224 e. The third-order valence-electron chi connectivity index (χ3n) is 2.83. The van der Waals surface area contributed by atoms with E-state index in [2.05, 4.69) is 41.1 Å². The van der Waals surface area contributed by atoms with Crippen molar-refractivity contribution in [3.8, 4) is 0 Å². The van der Waals surface area contributed by atoms with Crippen LogP contribution in [-0.4, -0.2) is 41.0 Å². The lowest BCUT2D eigenvalue weighted by atomic mass is 10.2. The fraction of sp³-hybridized carbons (Fsp3) is 0.667. The van der Waals surface area contributed by atoms with E-state index in [-0.39, 0.29) is 11.1 Å². The van der Waals surface area contributed by atoms with Crippen molar-refractivity contribution in [1.82, 2.24) is 14.9 Å². The van der Waals surface area contributed by atoms with E-state index in [0.29, 0.717) is 12.6 Å². The molecule has 0 amide bonds. The number of nitrogens with one attached hydrogen (secondary N) is 1. The van der Waals surface area contributed by atoms with Gasteiger partial charge in [0.1, 0.15) is 0 Å². The lowest BCUT2D eigenvalue weighted by Crippen LogP contribution is -2.27. The minimum atomic E-state index is -0.473. The van der Waals surface area contributed by atoms with Crippen LogP contribution in [0.2, 0.25) is 5.28 Å². The van der Waals surface area contributed by atoms with Crippen LogP contribution in [0.3, 0.4) is 0 Å². The summed E-state index contributed by atoms with van der Waals surface area (Å²) >= 11 is 5.60. The van der Waals surface area contributed by atoms with E-state index in [1.54, 1.807) is 0 Å². The molecule has 102 valence electrons. The second kappa shape index (κ2) is 7.48. The van der Waals surface area contributed by atoms with Crippen LogP contribution in [0, 0.1) is 5.82 Å². The van der Waals surface area contributed by atoms with Crippen molar-refractivity contribution in [1.29, 1.82) is 0 Å². The smallest absolute Gasteiger partial charge is 0.224 e. The highest BCUT2D eigenvalue weighted by atomic mass is 35.5. The van der Waals surface area contributed by atoms with Crippen LogP contribution in [0.1, 0.15) is 26.7 Å². The molecule has 1 heterocycles. The van der Waals surface area contributed by atoms with Gasteiger partial charge in [-0.05, 0) is 51.9 Å². The van der Waals surface area contributed by atoms with E-state index < -0.39 is 5.82 Å². The normalized spacial score (nSPS) is 11.3. The van der Waals surface area contributed by atoms with Crippen molar-refractivity contribution in [2.45, 2.75) is 32.7 Å². The Labute approximate surface area is 113 Å². The molecule has 1 aromatic rings. The number of aromatic nitrogens is 2. The highest BCUT2D eigenvalue weighted by Gasteiger charge is 2.05. The summed E-state index contributed by atoms with van der Waals surface area (Å²) in [6.45, 7) is 6.04. The van der Waals surface area contributed by atoms with Gasteiger partial charge in [0.25, 0.3) is 0 Å². The first-order valence-corrected chi connectivity index (χ1v) is 6.50. The molecule has 0 saturated heterocycles. The van der Waals surface area contributed by atoms with Gasteiger partial charge in [0, 0.05) is 12.6 Å². The lowest BCUT2D eigenvalue weighted by Gasteiger charge is -2.20. The van der Waals surface area contributed by atoms with Crippen molar-refractivity contribution in [3.63, 3.8) is 0 Å². The van der Waals surface area contributed by atoms with Crippen molar-refractivity contribution >= 4 is 17.4 Å². The molecule has 0 atom stereocenters. The van der Waals surface area contributed by atoms with Crippen molar-refractivity contribution in [2.24, 2.45) is 0 Å². The minimum Gasteiger partial charge on any atom is -0.367 e. The van der Waals surface area contributed by atoms with E-state index in [1.165, 1.54) is 0 Å². The van der Waals surface area contributed by atoms with Gasteiger partial charge >= 0.3 is 0 Å². The quantitative estimate of drug-likeness (QED) is 0.613. The monoisotopic (exact) mass is 274 g/mol. The predicted octanol–water partition coefficient (Wildman–Crippen LogP) is 2.80. The third kappa shape index (κ3) is 5.14. The van der Waals surface area contributed by atoms with Crippen LogP contribution in [-0.2, 0) is 0 Å². The summed E-state index contributed by atoms with van der Waals surface area (Å²) < 4.78 is 13.3. The number of rotatable bonds is 7. The Morgan fingerprint density at radius 2 is 2.17 bits per heavy atom. The number of nitrogens with zero attached hydrogens (tertiary/aromatic N) is 3. The zero-order valence-electron chi connectivity index (χ0n) is 11.1. The molecule has 1 aromatic heterocycles. The molecule has 18 heavy (non-hydrogen) atoms. The van der Waals surface area contributed by atoms with Gasteiger partial charge in [-0.1, -0.05) is 0 Å². The first-order valence-electron chi connectivity index (χ1n) is 6.13. The first kappa shape index (κ1) is 15.1. The van der Waals surface area contributed by atoms with Gasteiger partial charge in [0.2, 0.25) is 5.28 Å². The largest absolute Gasteiger partial charge is 0.367 e. The fourth-order valence-corrected chi connectivity index (χ4v) is 1.55. The van der Waals surface area contributed by atoms with Crippen LogP contribution in [0.25, 0.3) is 0 Å². The molecule has 0 aromatic carbocycles. The molecule has 0 aliphatic rings. The van der Waals surface area contributed by atoms with Crippen LogP contribution in [0.4, 0.5) is 10.2 Å². The minimum absolute atomic E-state index is 0.0541. The Balaban J connectivity index is 2.24. The molecule has 0 radical (unpaired) electrons. The Hall–Kier alpha value is -0.940. The van der Waals surface area contributed by atoms with Gasteiger partial charge in [0.05, 0.1) is 6.20 Å². The third-order valence-corrected chi connectivity index (χ3v) is 3.01. The summed E-state index contributed by atoms with van der Waals surface area (Å²) in [6, 6.07) is 0.552. The molecule has 1 N–H and O–H groups in total. The van der Waals surface area contributed by atoms with Crippen molar-refractivity contribution < 1.29 is 4.39 Å². The Morgan fingerprint density at radius 1 is 1.44 bits per heavy atom. The van der Waals surface area contributed by atoms with Crippen LogP contribution < -0.4 is 5.32 Å². The maximum absolute atomic E-state index is 13.3. The van der Waals surface area contributed by atoms with Gasteiger partial charge in [-0.2, -0.15) is 4.98 Å². The van der Waals surface area contributed by atoms with Crippen LogP contribution >= 0.6 is 11.6 Å². The Kier molecular flexibility index (Phi) is 6.29. The SMILES string of the molecule is CC(C)N(C)CCCCNc1nc(Cl)ncc1F. The molecular formula is C12H20ClFN4. The highest BCUT2D eigenvalue weighted by molar-refractivity contribution is 6.28. The molecule has 0 saturated carbocycles. The summed E-state index contributed by atoms with van der Waals surface area (Å²) in [4.78, 5) is 9.63. The Bertz CT molecular complexity index is 373. The molecular weight excluding hydrogens is 255 g/mol. The number of halogens is 2. The number of hydrogen-bond acceptors (Lipinski definition) is 4. The average molecular weight is 275 g/mol. The predicted molar refractivity (Wildman–Crippen MR) is 72.5 cm³/mol. The molecule has 0 aliphatic carbocycles. The summed E-state index contributed by atoms with van der Waals surface area (Å²) in [7, 11) is 2.10. The second-order valence-corrected chi connectivity index (χ2v) is 4.88. The lowest BCUT2D eigenvalue weighted by molar-refractivity contribution is 0.269. The van der Waals surface area contributed by atoms with Crippen molar-refractivity contribution in [2.75, 3.05) is 25.5 Å². The highest BCUT2D eigenvalue weighted by Crippen LogP contribution is 2.11. The second-order valence-electron chi connectivity index (χ2n) is 4.54. The van der Waals surface area contributed by atoms with E-state index >= 15 is 0 Å². The summed E-state index contributed by atoms with van der Waals surface area (Å²) in [5.41, 5.74) is 0. The average Bonchev–Trinajstić information content (AvgIpc) is 2.32. The number of hydrogen-bond donors (Lipinski definition) is 1. The standard InChI is InChI=1S/C12H20ClFN4/c1-9(2)18(3)7-5-4-6-15-11-10(14)8-16-12(13)17-11/h8-9H,4-7H2,1-3H3,(H,15,16,17). The zero-order chi connectivity index (χ0) is 13.5. The van der Waals surface area contributed by atoms with Gasteiger partial charge in [-0.15, -0.1) is 0 Å². The van der Waals surface area contributed by atoms with Gasteiger partial charge in [-0.3, -0.25) is 0 Å².